The molecule has 0 aromatic carbocycles. The third-order valence-corrected chi connectivity index (χ3v) is 4.22. The number of rotatable bonds is 3. The molecular weight excluding hydrogens is 280 g/mol. The van der Waals surface area contributed by atoms with Crippen LogP contribution >= 0.6 is 11.8 Å². The van der Waals surface area contributed by atoms with Crippen molar-refractivity contribution in [2.24, 2.45) is 0 Å². The van der Waals surface area contributed by atoms with Crippen molar-refractivity contribution in [1.82, 2.24) is 10.2 Å². The van der Waals surface area contributed by atoms with Crippen LogP contribution in [0.25, 0.3) is 0 Å². The molecule has 1 N–H and O–H groups in total. The molecule has 1 atom stereocenters. The Hall–Kier alpha value is -1.24. The zero-order valence-corrected chi connectivity index (χ0v) is 13.4. The molecule has 1 aliphatic rings. The van der Waals surface area contributed by atoms with Crippen LogP contribution in [0.3, 0.4) is 0 Å². The standard InChI is InChI=1S/C13H22N2O4S/c1-12(2,3)19-11(18)14-6-9(17)15-10(7-16)20-8-13(15,4)5/h7,10H,6,8H2,1-5H3,(H,14,18)/t10-/m0/s1. The molecule has 1 heterocycles. The van der Waals surface area contributed by atoms with E-state index >= 15 is 0 Å². The van der Waals surface area contributed by atoms with Gasteiger partial charge >= 0.3 is 6.09 Å². The minimum Gasteiger partial charge on any atom is -0.444 e. The molecule has 20 heavy (non-hydrogen) atoms. The van der Waals surface area contributed by atoms with E-state index < -0.39 is 22.6 Å². The van der Waals surface area contributed by atoms with Crippen LogP contribution in [-0.4, -0.2) is 52.0 Å². The van der Waals surface area contributed by atoms with Crippen molar-refractivity contribution >= 4 is 30.0 Å². The minimum atomic E-state index is -0.641. The molecule has 0 saturated carbocycles. The molecule has 0 bridgehead atoms. The minimum absolute atomic E-state index is 0.177. The maximum absolute atomic E-state index is 12.2. The van der Waals surface area contributed by atoms with E-state index in [-0.39, 0.29) is 12.5 Å². The van der Waals surface area contributed by atoms with Gasteiger partial charge in [0, 0.05) is 11.3 Å². The highest BCUT2D eigenvalue weighted by atomic mass is 32.2. The monoisotopic (exact) mass is 302 g/mol. The summed E-state index contributed by atoms with van der Waals surface area (Å²) in [6.45, 7) is 8.86. The fourth-order valence-corrected chi connectivity index (χ4v) is 3.25. The van der Waals surface area contributed by atoms with E-state index in [0.29, 0.717) is 5.75 Å². The van der Waals surface area contributed by atoms with Gasteiger partial charge in [-0.05, 0) is 34.6 Å². The van der Waals surface area contributed by atoms with Gasteiger partial charge < -0.3 is 19.7 Å². The molecule has 0 aromatic rings. The number of amides is 2. The second kappa shape index (κ2) is 6.03. The fraction of sp³-hybridized carbons (Fsp3) is 0.769. The first kappa shape index (κ1) is 16.8. The van der Waals surface area contributed by atoms with Gasteiger partial charge in [0.2, 0.25) is 5.91 Å². The van der Waals surface area contributed by atoms with Crippen LogP contribution in [0.5, 0.6) is 0 Å². The number of ether oxygens (including phenoxy) is 1. The van der Waals surface area contributed by atoms with Gasteiger partial charge in [0.1, 0.15) is 17.5 Å². The molecule has 0 aliphatic carbocycles. The summed E-state index contributed by atoms with van der Waals surface area (Å²) in [6.07, 6.45) is 0.114. The van der Waals surface area contributed by atoms with E-state index in [0.717, 1.165) is 6.29 Å². The maximum atomic E-state index is 12.2. The van der Waals surface area contributed by atoms with Gasteiger partial charge in [-0.3, -0.25) is 4.79 Å². The number of hydrogen-bond donors (Lipinski definition) is 1. The highest BCUT2D eigenvalue weighted by molar-refractivity contribution is 8.00. The van der Waals surface area contributed by atoms with Crippen LogP contribution in [0.1, 0.15) is 34.6 Å². The molecule has 1 aliphatic heterocycles. The third-order valence-electron chi connectivity index (χ3n) is 2.68. The summed E-state index contributed by atoms with van der Waals surface area (Å²) in [7, 11) is 0. The van der Waals surface area contributed by atoms with Gasteiger partial charge in [0.15, 0.2) is 6.29 Å². The Morgan fingerprint density at radius 1 is 1.45 bits per heavy atom. The molecule has 114 valence electrons. The van der Waals surface area contributed by atoms with E-state index in [1.165, 1.54) is 16.7 Å². The Morgan fingerprint density at radius 2 is 2.05 bits per heavy atom. The Bertz CT molecular complexity index is 404. The van der Waals surface area contributed by atoms with E-state index in [4.69, 9.17) is 4.74 Å². The zero-order valence-electron chi connectivity index (χ0n) is 12.6. The largest absolute Gasteiger partial charge is 0.444 e. The topological polar surface area (TPSA) is 75.7 Å². The van der Waals surface area contributed by atoms with E-state index in [9.17, 15) is 14.4 Å². The van der Waals surface area contributed by atoms with E-state index in [1.807, 2.05) is 13.8 Å². The number of hydrogen-bond acceptors (Lipinski definition) is 5. The van der Waals surface area contributed by atoms with Crippen molar-refractivity contribution in [2.75, 3.05) is 12.3 Å². The predicted octanol–water partition coefficient (Wildman–Crippen LogP) is 1.39. The van der Waals surface area contributed by atoms with Crippen molar-refractivity contribution < 1.29 is 19.1 Å². The number of nitrogens with zero attached hydrogens (tertiary/aromatic N) is 1. The van der Waals surface area contributed by atoms with Crippen molar-refractivity contribution in [3.05, 3.63) is 0 Å². The summed E-state index contributed by atoms with van der Waals surface area (Å²) in [5.74, 6) is 0.400. The van der Waals surface area contributed by atoms with Gasteiger partial charge in [0.25, 0.3) is 0 Å². The predicted molar refractivity (Wildman–Crippen MR) is 77.5 cm³/mol. The molecule has 1 rings (SSSR count). The van der Waals surface area contributed by atoms with Gasteiger partial charge in [0.05, 0.1) is 0 Å². The van der Waals surface area contributed by atoms with Crippen LogP contribution in [0.15, 0.2) is 0 Å². The maximum Gasteiger partial charge on any atom is 0.408 e. The molecule has 0 radical (unpaired) electrons. The van der Waals surface area contributed by atoms with Crippen LogP contribution in [0.4, 0.5) is 4.79 Å². The number of alkyl carbamates (subject to hydrolysis) is 1. The lowest BCUT2D eigenvalue weighted by Gasteiger charge is -2.33. The summed E-state index contributed by atoms with van der Waals surface area (Å²) in [4.78, 5) is 36.2. The lowest BCUT2D eigenvalue weighted by molar-refractivity contribution is -0.137. The molecule has 0 unspecified atom stereocenters. The van der Waals surface area contributed by atoms with Crippen LogP contribution in [0.2, 0.25) is 0 Å². The number of thioether (sulfide) groups is 1. The number of aldehydes is 1. The Kier molecular flexibility index (Phi) is 5.07. The van der Waals surface area contributed by atoms with Crippen LogP contribution in [0, 0.1) is 0 Å². The molecule has 1 fully saturated rings. The van der Waals surface area contributed by atoms with Crippen LogP contribution < -0.4 is 5.32 Å². The van der Waals surface area contributed by atoms with Crippen molar-refractivity contribution in [3.63, 3.8) is 0 Å². The van der Waals surface area contributed by atoms with Gasteiger partial charge in [-0.1, -0.05) is 0 Å². The Balaban J connectivity index is 2.58. The number of carbonyl (C=O) groups excluding carboxylic acids is 3. The molecule has 7 heteroatoms. The van der Waals surface area contributed by atoms with Crippen molar-refractivity contribution in [3.8, 4) is 0 Å². The van der Waals surface area contributed by atoms with E-state index in [2.05, 4.69) is 5.32 Å². The fourth-order valence-electron chi connectivity index (χ4n) is 1.90. The summed E-state index contributed by atoms with van der Waals surface area (Å²) in [5, 5.41) is 1.93. The highest BCUT2D eigenvalue weighted by Crippen LogP contribution is 2.35. The lowest BCUT2D eigenvalue weighted by atomic mass is 10.1. The van der Waals surface area contributed by atoms with Gasteiger partial charge in [-0.25, -0.2) is 4.79 Å². The average molecular weight is 302 g/mol. The van der Waals surface area contributed by atoms with Crippen molar-refractivity contribution in [2.45, 2.75) is 51.1 Å². The second-order valence-electron chi connectivity index (χ2n) is 6.27. The molecule has 1 saturated heterocycles. The SMILES string of the molecule is CC(C)(C)OC(=O)NCC(=O)N1[C@H](C=O)SCC1(C)C. The highest BCUT2D eigenvalue weighted by Gasteiger charge is 2.42. The summed E-state index contributed by atoms with van der Waals surface area (Å²) in [5.41, 5.74) is -1.01. The quantitative estimate of drug-likeness (QED) is 0.797. The summed E-state index contributed by atoms with van der Waals surface area (Å²) in [6, 6.07) is 0. The van der Waals surface area contributed by atoms with E-state index in [1.54, 1.807) is 20.8 Å². The third kappa shape index (κ3) is 4.40. The Morgan fingerprint density at radius 3 is 2.55 bits per heavy atom. The first-order valence-corrected chi connectivity index (χ1v) is 7.47. The first-order chi connectivity index (χ1) is 9.07. The normalized spacial score (nSPS) is 21.4. The molecule has 0 spiro atoms. The van der Waals surface area contributed by atoms with Crippen molar-refractivity contribution in [1.29, 1.82) is 0 Å². The lowest BCUT2D eigenvalue weighted by Crippen LogP contribution is -2.52. The Labute approximate surface area is 123 Å². The first-order valence-electron chi connectivity index (χ1n) is 6.43. The van der Waals surface area contributed by atoms with Gasteiger partial charge in [-0.2, -0.15) is 0 Å². The number of nitrogens with one attached hydrogen (secondary N) is 1. The molecule has 0 aromatic heterocycles. The second-order valence-corrected chi connectivity index (χ2v) is 7.37. The smallest absolute Gasteiger partial charge is 0.408 e. The molecular formula is C13H22N2O4S. The number of carbonyl (C=O) groups is 3. The van der Waals surface area contributed by atoms with Crippen LogP contribution in [-0.2, 0) is 14.3 Å². The zero-order chi connectivity index (χ0) is 15.6. The molecule has 6 nitrogen and oxygen atoms in total. The van der Waals surface area contributed by atoms with Gasteiger partial charge in [-0.15, -0.1) is 11.8 Å². The molecule has 2 amide bonds. The average Bonchev–Trinajstić information content (AvgIpc) is 2.59. The summed E-state index contributed by atoms with van der Waals surface area (Å²) < 4.78 is 5.06. The summed E-state index contributed by atoms with van der Waals surface area (Å²) >= 11 is 1.42.